The number of thioether (sulfide) groups is 1. The number of ether oxygens (including phenoxy) is 2. The fourth-order valence-electron chi connectivity index (χ4n) is 4.15. The van der Waals surface area contributed by atoms with Crippen LogP contribution >= 0.6 is 11.8 Å². The van der Waals surface area contributed by atoms with E-state index in [0.29, 0.717) is 25.4 Å². The fraction of sp³-hybridized carbons (Fsp3) is 0.600. The summed E-state index contributed by atoms with van der Waals surface area (Å²) in [4.78, 5) is 27.0. The number of nitrogens with zero attached hydrogens (tertiary/aromatic N) is 1. The highest BCUT2D eigenvalue weighted by molar-refractivity contribution is 8.01. The normalized spacial score (nSPS) is 27.6. The van der Waals surface area contributed by atoms with Crippen LogP contribution in [0.5, 0.6) is 11.5 Å². The van der Waals surface area contributed by atoms with Gasteiger partial charge >= 0.3 is 0 Å². The maximum absolute atomic E-state index is 13.1. The third-order valence-electron chi connectivity index (χ3n) is 5.64. The van der Waals surface area contributed by atoms with E-state index in [9.17, 15) is 9.59 Å². The lowest BCUT2D eigenvalue weighted by Gasteiger charge is -2.32. The van der Waals surface area contributed by atoms with Crippen molar-refractivity contribution < 1.29 is 19.1 Å². The molecule has 2 saturated heterocycles. The third-order valence-corrected chi connectivity index (χ3v) is 7.14. The molecule has 1 aromatic rings. The summed E-state index contributed by atoms with van der Waals surface area (Å²) in [5.74, 6) is 2.33. The summed E-state index contributed by atoms with van der Waals surface area (Å²) in [5.41, 5.74) is 0.990. The second-order valence-corrected chi connectivity index (χ2v) is 9.40. The first kappa shape index (κ1) is 18.5. The zero-order valence-corrected chi connectivity index (χ0v) is 16.8. The average molecular weight is 391 g/mol. The first-order valence-corrected chi connectivity index (χ1v) is 10.5. The average Bonchev–Trinajstić information content (AvgIpc) is 3.15. The SMILES string of the molecule is CC(C)C(NC(=O)C1CSC2(C)CCC(=O)N12)c1ccc2c(c1)OCCO2. The Hall–Kier alpha value is -1.89. The number of fused-ring (bicyclic) bond motifs is 2. The summed E-state index contributed by atoms with van der Waals surface area (Å²) in [6, 6.07) is 5.29. The molecule has 0 spiro atoms. The van der Waals surface area contributed by atoms with Crippen LogP contribution in [0.2, 0.25) is 0 Å². The van der Waals surface area contributed by atoms with E-state index in [4.69, 9.17) is 9.47 Å². The van der Waals surface area contributed by atoms with Gasteiger partial charge < -0.3 is 19.7 Å². The number of hydrogen-bond donors (Lipinski definition) is 1. The molecule has 0 radical (unpaired) electrons. The number of benzene rings is 1. The van der Waals surface area contributed by atoms with Gasteiger partial charge in [-0.15, -0.1) is 11.8 Å². The Bertz CT molecular complexity index is 768. The molecule has 6 nitrogen and oxygen atoms in total. The second kappa shape index (κ2) is 6.93. The van der Waals surface area contributed by atoms with Crippen LogP contribution in [-0.4, -0.2) is 46.6 Å². The van der Waals surface area contributed by atoms with Crippen molar-refractivity contribution in [3.8, 4) is 11.5 Å². The Morgan fingerprint density at radius 3 is 2.78 bits per heavy atom. The minimum Gasteiger partial charge on any atom is -0.486 e. The van der Waals surface area contributed by atoms with Gasteiger partial charge in [-0.3, -0.25) is 9.59 Å². The summed E-state index contributed by atoms with van der Waals surface area (Å²) >= 11 is 1.71. The lowest BCUT2D eigenvalue weighted by atomic mass is 9.95. The topological polar surface area (TPSA) is 67.9 Å². The van der Waals surface area contributed by atoms with Crippen molar-refractivity contribution in [3.63, 3.8) is 0 Å². The molecule has 0 saturated carbocycles. The van der Waals surface area contributed by atoms with Crippen LogP contribution in [0.1, 0.15) is 45.2 Å². The monoisotopic (exact) mass is 390 g/mol. The molecule has 3 aliphatic heterocycles. The van der Waals surface area contributed by atoms with Gasteiger partial charge in [-0.1, -0.05) is 19.9 Å². The number of carbonyl (C=O) groups excluding carboxylic acids is 2. The van der Waals surface area contributed by atoms with Crippen LogP contribution < -0.4 is 14.8 Å². The third kappa shape index (κ3) is 3.26. The Morgan fingerprint density at radius 2 is 2.04 bits per heavy atom. The molecule has 2 fully saturated rings. The summed E-state index contributed by atoms with van der Waals surface area (Å²) in [5, 5.41) is 3.19. The molecule has 0 aliphatic carbocycles. The molecular formula is C20H26N2O4S. The molecule has 2 amide bonds. The van der Waals surface area contributed by atoms with Gasteiger partial charge in [0.2, 0.25) is 11.8 Å². The van der Waals surface area contributed by atoms with Gasteiger partial charge in [0, 0.05) is 12.2 Å². The van der Waals surface area contributed by atoms with Crippen LogP contribution in [0.4, 0.5) is 0 Å². The van der Waals surface area contributed by atoms with E-state index < -0.39 is 6.04 Å². The molecule has 4 rings (SSSR count). The first-order valence-electron chi connectivity index (χ1n) is 9.55. The molecule has 0 aromatic heterocycles. The molecule has 7 heteroatoms. The fourth-order valence-corrected chi connectivity index (χ4v) is 5.58. The van der Waals surface area contributed by atoms with E-state index in [1.807, 2.05) is 18.2 Å². The highest BCUT2D eigenvalue weighted by Gasteiger charge is 2.53. The van der Waals surface area contributed by atoms with Crippen molar-refractivity contribution >= 4 is 23.6 Å². The molecule has 27 heavy (non-hydrogen) atoms. The number of hydrogen-bond acceptors (Lipinski definition) is 5. The van der Waals surface area contributed by atoms with Gasteiger partial charge in [-0.2, -0.15) is 0 Å². The van der Waals surface area contributed by atoms with Crippen LogP contribution in [-0.2, 0) is 9.59 Å². The van der Waals surface area contributed by atoms with Gasteiger partial charge in [0.15, 0.2) is 11.5 Å². The molecule has 3 atom stereocenters. The maximum Gasteiger partial charge on any atom is 0.244 e. The Balaban J connectivity index is 1.54. The summed E-state index contributed by atoms with van der Waals surface area (Å²) in [7, 11) is 0. The van der Waals surface area contributed by atoms with Crippen LogP contribution in [0.3, 0.4) is 0 Å². The van der Waals surface area contributed by atoms with E-state index in [-0.39, 0.29) is 28.6 Å². The Morgan fingerprint density at radius 1 is 1.30 bits per heavy atom. The Kier molecular flexibility index (Phi) is 4.74. The number of rotatable bonds is 4. The molecule has 3 aliphatic rings. The highest BCUT2D eigenvalue weighted by atomic mass is 32.2. The predicted molar refractivity (Wildman–Crippen MR) is 104 cm³/mol. The summed E-state index contributed by atoms with van der Waals surface area (Å²) in [6.07, 6.45) is 1.35. The van der Waals surface area contributed by atoms with Crippen LogP contribution in [0, 0.1) is 5.92 Å². The van der Waals surface area contributed by atoms with E-state index in [1.165, 1.54) is 0 Å². The number of carbonyl (C=O) groups is 2. The molecular weight excluding hydrogens is 364 g/mol. The minimum absolute atomic E-state index is 0.0740. The lowest BCUT2D eigenvalue weighted by molar-refractivity contribution is -0.138. The van der Waals surface area contributed by atoms with Gasteiger partial charge in [0.1, 0.15) is 19.3 Å². The predicted octanol–water partition coefficient (Wildman–Crippen LogP) is 2.73. The van der Waals surface area contributed by atoms with Crippen molar-refractivity contribution in [3.05, 3.63) is 23.8 Å². The highest BCUT2D eigenvalue weighted by Crippen LogP contribution is 2.47. The van der Waals surface area contributed by atoms with Crippen molar-refractivity contribution in [1.29, 1.82) is 0 Å². The molecule has 1 aromatic carbocycles. The van der Waals surface area contributed by atoms with E-state index in [1.54, 1.807) is 16.7 Å². The van der Waals surface area contributed by atoms with Crippen molar-refractivity contribution in [1.82, 2.24) is 10.2 Å². The maximum atomic E-state index is 13.1. The zero-order valence-electron chi connectivity index (χ0n) is 16.0. The Labute approximate surface area is 164 Å². The van der Waals surface area contributed by atoms with E-state index in [2.05, 4.69) is 26.1 Å². The number of nitrogens with one attached hydrogen (secondary N) is 1. The smallest absolute Gasteiger partial charge is 0.244 e. The van der Waals surface area contributed by atoms with Gasteiger partial charge in [0.25, 0.3) is 0 Å². The van der Waals surface area contributed by atoms with Crippen LogP contribution in [0.25, 0.3) is 0 Å². The van der Waals surface area contributed by atoms with Crippen LogP contribution in [0.15, 0.2) is 18.2 Å². The standard InChI is InChI=1S/C20H26N2O4S/c1-12(2)18(13-4-5-15-16(10-13)26-9-8-25-15)21-19(24)14-11-27-20(3)7-6-17(23)22(14)20/h4-5,10,12,14,18H,6-9,11H2,1-3H3,(H,21,24). The van der Waals surface area contributed by atoms with E-state index >= 15 is 0 Å². The quantitative estimate of drug-likeness (QED) is 0.856. The molecule has 3 heterocycles. The van der Waals surface area contributed by atoms with Gasteiger partial charge in [0.05, 0.1) is 10.9 Å². The first-order chi connectivity index (χ1) is 12.9. The van der Waals surface area contributed by atoms with Crippen molar-refractivity contribution in [2.24, 2.45) is 5.92 Å². The second-order valence-electron chi connectivity index (χ2n) is 7.90. The lowest BCUT2D eigenvalue weighted by Crippen LogP contribution is -2.51. The molecule has 0 bridgehead atoms. The number of amides is 2. The largest absolute Gasteiger partial charge is 0.486 e. The summed E-state index contributed by atoms with van der Waals surface area (Å²) < 4.78 is 11.3. The molecule has 3 unspecified atom stereocenters. The van der Waals surface area contributed by atoms with Gasteiger partial charge in [-0.25, -0.2) is 0 Å². The van der Waals surface area contributed by atoms with Gasteiger partial charge in [-0.05, 0) is 37.0 Å². The van der Waals surface area contributed by atoms with Crippen molar-refractivity contribution in [2.75, 3.05) is 19.0 Å². The minimum atomic E-state index is -0.395. The van der Waals surface area contributed by atoms with E-state index in [0.717, 1.165) is 23.5 Å². The van der Waals surface area contributed by atoms with Crippen molar-refractivity contribution in [2.45, 2.75) is 50.6 Å². The zero-order chi connectivity index (χ0) is 19.2. The summed E-state index contributed by atoms with van der Waals surface area (Å²) in [6.45, 7) is 7.31. The molecule has 146 valence electrons. The molecule has 1 N–H and O–H groups in total.